The van der Waals surface area contributed by atoms with Crippen LogP contribution in [0.25, 0.3) is 10.9 Å². The number of nitrogens with one attached hydrogen (secondary N) is 1. The van der Waals surface area contributed by atoms with Gasteiger partial charge in [0.25, 0.3) is 5.91 Å². The van der Waals surface area contributed by atoms with Crippen molar-refractivity contribution in [2.24, 2.45) is 0 Å². The first-order valence-electron chi connectivity index (χ1n) is 8.86. The minimum absolute atomic E-state index is 0.205. The summed E-state index contributed by atoms with van der Waals surface area (Å²) in [6, 6.07) is 7.22. The quantitative estimate of drug-likeness (QED) is 0.736. The molecule has 0 bridgehead atoms. The normalized spacial score (nSPS) is 14.6. The Morgan fingerprint density at radius 2 is 1.81 bits per heavy atom. The second-order valence-electron chi connectivity index (χ2n) is 6.62. The fourth-order valence-electron chi connectivity index (χ4n) is 3.38. The van der Waals surface area contributed by atoms with E-state index in [1.807, 2.05) is 26.0 Å². The fraction of sp³-hybridized carbons (Fsp3) is 0.316. The number of aromatic nitrogens is 4. The summed E-state index contributed by atoms with van der Waals surface area (Å²) >= 11 is 0. The molecule has 138 valence electrons. The Kier molecular flexibility index (Phi) is 4.31. The number of piperazine rings is 1. The lowest BCUT2D eigenvalue weighted by molar-refractivity contribution is 0.0742. The maximum atomic E-state index is 13.0. The van der Waals surface area contributed by atoms with Crippen LogP contribution in [0.5, 0.6) is 0 Å². The fourth-order valence-corrected chi connectivity index (χ4v) is 3.38. The molecular weight excluding hydrogens is 344 g/mol. The number of carbonyl (C=O) groups is 1. The van der Waals surface area contributed by atoms with Crippen molar-refractivity contribution in [3.8, 4) is 0 Å². The van der Waals surface area contributed by atoms with Crippen LogP contribution in [0.1, 0.15) is 21.7 Å². The maximum absolute atomic E-state index is 13.0. The average molecular weight is 364 g/mol. The predicted molar refractivity (Wildman–Crippen MR) is 102 cm³/mol. The summed E-state index contributed by atoms with van der Waals surface area (Å²) in [4.78, 5) is 44.0. The highest BCUT2D eigenvalue weighted by molar-refractivity contribution is 6.04. The molecule has 0 spiro atoms. The van der Waals surface area contributed by atoms with Crippen molar-refractivity contribution in [2.75, 3.05) is 31.1 Å². The molecule has 1 saturated heterocycles. The highest BCUT2D eigenvalue weighted by atomic mass is 16.2. The van der Waals surface area contributed by atoms with Crippen LogP contribution in [-0.4, -0.2) is 56.9 Å². The van der Waals surface area contributed by atoms with Gasteiger partial charge < -0.3 is 14.8 Å². The molecule has 0 aliphatic carbocycles. The van der Waals surface area contributed by atoms with Crippen LogP contribution < -0.4 is 10.6 Å². The molecule has 0 saturated carbocycles. The SMILES string of the molecule is Cc1ncnc(N2CCN(C(=O)c3nc(=O)[nH]c4ccccc34)CC2)c1C. The summed E-state index contributed by atoms with van der Waals surface area (Å²) in [5.74, 6) is 0.696. The zero-order chi connectivity index (χ0) is 19.0. The molecule has 8 heteroatoms. The molecule has 0 unspecified atom stereocenters. The van der Waals surface area contributed by atoms with E-state index in [9.17, 15) is 9.59 Å². The number of carbonyl (C=O) groups excluding carboxylic acids is 1. The van der Waals surface area contributed by atoms with Crippen LogP contribution in [0, 0.1) is 13.8 Å². The van der Waals surface area contributed by atoms with E-state index in [-0.39, 0.29) is 11.6 Å². The first-order valence-corrected chi connectivity index (χ1v) is 8.86. The molecule has 1 N–H and O–H groups in total. The summed E-state index contributed by atoms with van der Waals surface area (Å²) in [7, 11) is 0. The zero-order valence-corrected chi connectivity index (χ0v) is 15.3. The van der Waals surface area contributed by atoms with Crippen LogP contribution in [-0.2, 0) is 0 Å². The van der Waals surface area contributed by atoms with Crippen LogP contribution in [0.4, 0.5) is 5.82 Å². The van der Waals surface area contributed by atoms with Gasteiger partial charge in [0.05, 0.1) is 5.52 Å². The van der Waals surface area contributed by atoms with Crippen molar-refractivity contribution < 1.29 is 4.79 Å². The van der Waals surface area contributed by atoms with E-state index in [0.29, 0.717) is 37.1 Å². The number of aromatic amines is 1. The first kappa shape index (κ1) is 17.1. The van der Waals surface area contributed by atoms with Gasteiger partial charge in [0.2, 0.25) is 0 Å². The van der Waals surface area contributed by atoms with E-state index in [1.54, 1.807) is 23.4 Å². The van der Waals surface area contributed by atoms with E-state index in [4.69, 9.17) is 0 Å². The second-order valence-corrected chi connectivity index (χ2v) is 6.62. The molecule has 0 radical (unpaired) electrons. The van der Waals surface area contributed by atoms with Gasteiger partial charge in [-0.25, -0.2) is 14.8 Å². The van der Waals surface area contributed by atoms with Crippen LogP contribution in [0.3, 0.4) is 0 Å². The van der Waals surface area contributed by atoms with Gasteiger partial charge in [-0.2, -0.15) is 4.98 Å². The van der Waals surface area contributed by atoms with Crippen molar-refractivity contribution in [3.05, 3.63) is 58.0 Å². The number of H-pyrrole nitrogens is 1. The Bertz CT molecular complexity index is 1070. The lowest BCUT2D eigenvalue weighted by Crippen LogP contribution is -2.49. The standard InChI is InChI=1S/C19H20N6O2/c1-12-13(2)20-11-21-17(12)24-7-9-25(10-8-24)18(26)16-14-5-3-4-6-15(14)22-19(27)23-16/h3-6,11H,7-10H2,1-2H3,(H,22,23,27). The molecule has 27 heavy (non-hydrogen) atoms. The highest BCUT2D eigenvalue weighted by Crippen LogP contribution is 2.21. The highest BCUT2D eigenvalue weighted by Gasteiger charge is 2.26. The Morgan fingerprint density at radius 1 is 1.07 bits per heavy atom. The van der Waals surface area contributed by atoms with Gasteiger partial charge >= 0.3 is 5.69 Å². The van der Waals surface area contributed by atoms with Gasteiger partial charge in [-0.15, -0.1) is 0 Å². The van der Waals surface area contributed by atoms with Gasteiger partial charge in [-0.3, -0.25) is 4.79 Å². The Morgan fingerprint density at radius 3 is 2.59 bits per heavy atom. The summed E-state index contributed by atoms with van der Waals surface area (Å²) < 4.78 is 0. The number of aryl methyl sites for hydroxylation is 1. The molecule has 3 heterocycles. The second kappa shape index (κ2) is 6.79. The summed E-state index contributed by atoms with van der Waals surface area (Å²) in [5, 5.41) is 0.659. The molecule has 2 aromatic heterocycles. The Balaban J connectivity index is 1.56. The lowest BCUT2D eigenvalue weighted by Gasteiger charge is -2.36. The minimum Gasteiger partial charge on any atom is -0.353 e. The third kappa shape index (κ3) is 3.14. The van der Waals surface area contributed by atoms with Crippen molar-refractivity contribution >= 4 is 22.6 Å². The van der Waals surface area contributed by atoms with Gasteiger partial charge in [-0.1, -0.05) is 18.2 Å². The monoisotopic (exact) mass is 364 g/mol. The topological polar surface area (TPSA) is 95.1 Å². The first-order chi connectivity index (χ1) is 13.0. The molecule has 1 amide bonds. The van der Waals surface area contributed by atoms with Gasteiger partial charge in [-0.05, 0) is 19.9 Å². The van der Waals surface area contributed by atoms with Crippen molar-refractivity contribution in [3.63, 3.8) is 0 Å². The number of para-hydroxylation sites is 1. The third-order valence-corrected chi connectivity index (χ3v) is 5.02. The maximum Gasteiger partial charge on any atom is 0.346 e. The van der Waals surface area contributed by atoms with E-state index in [2.05, 4.69) is 24.8 Å². The van der Waals surface area contributed by atoms with Gasteiger partial charge in [0, 0.05) is 42.8 Å². The lowest BCUT2D eigenvalue weighted by atomic mass is 10.1. The number of nitrogens with zero attached hydrogens (tertiary/aromatic N) is 5. The van der Waals surface area contributed by atoms with E-state index >= 15 is 0 Å². The summed E-state index contributed by atoms with van der Waals surface area (Å²) in [6.07, 6.45) is 1.57. The van der Waals surface area contributed by atoms with Crippen LogP contribution >= 0.6 is 0 Å². The third-order valence-electron chi connectivity index (χ3n) is 5.02. The minimum atomic E-state index is -0.511. The number of hydrogen-bond donors (Lipinski definition) is 1. The molecule has 1 aliphatic rings. The van der Waals surface area contributed by atoms with Crippen molar-refractivity contribution in [2.45, 2.75) is 13.8 Å². The van der Waals surface area contributed by atoms with E-state index < -0.39 is 5.69 Å². The molecule has 0 atom stereocenters. The Hall–Kier alpha value is -3.29. The van der Waals surface area contributed by atoms with Gasteiger partial charge in [0.1, 0.15) is 17.8 Å². The van der Waals surface area contributed by atoms with Crippen molar-refractivity contribution in [1.29, 1.82) is 0 Å². The molecule has 1 aromatic carbocycles. The molecule has 4 rings (SSSR count). The van der Waals surface area contributed by atoms with E-state index in [1.165, 1.54) is 0 Å². The molecule has 8 nitrogen and oxygen atoms in total. The predicted octanol–water partition coefficient (Wildman–Crippen LogP) is 1.29. The smallest absolute Gasteiger partial charge is 0.346 e. The zero-order valence-electron chi connectivity index (χ0n) is 15.3. The number of anilines is 1. The molecule has 1 fully saturated rings. The van der Waals surface area contributed by atoms with Crippen LogP contribution in [0.15, 0.2) is 35.4 Å². The summed E-state index contributed by atoms with van der Waals surface area (Å²) in [6.45, 7) is 6.40. The largest absolute Gasteiger partial charge is 0.353 e. The summed E-state index contributed by atoms with van der Waals surface area (Å²) in [5.41, 5.74) is 2.32. The van der Waals surface area contributed by atoms with E-state index in [0.717, 1.165) is 17.1 Å². The number of fused-ring (bicyclic) bond motifs is 1. The number of rotatable bonds is 2. The molecule has 1 aliphatic heterocycles. The average Bonchev–Trinajstić information content (AvgIpc) is 2.69. The Labute approximate surface area is 155 Å². The number of benzene rings is 1. The number of hydrogen-bond acceptors (Lipinski definition) is 6. The number of amides is 1. The molecular formula is C19H20N6O2. The van der Waals surface area contributed by atoms with Crippen molar-refractivity contribution in [1.82, 2.24) is 24.8 Å². The molecule has 3 aromatic rings. The van der Waals surface area contributed by atoms with Gasteiger partial charge in [0.15, 0.2) is 0 Å². The van der Waals surface area contributed by atoms with Crippen LogP contribution in [0.2, 0.25) is 0 Å².